The number of nitrogen functional groups attached to an aromatic ring is 1. The van der Waals surface area contributed by atoms with Crippen LogP contribution in [0.1, 0.15) is 19.6 Å². The Kier molecular flexibility index (Phi) is 3.04. The summed E-state index contributed by atoms with van der Waals surface area (Å²) in [6.07, 6.45) is -2.25. The number of aromatic nitrogens is 4. The van der Waals surface area contributed by atoms with Crippen molar-refractivity contribution in [2.45, 2.75) is 37.9 Å². The number of rotatable bonds is 2. The topological polar surface area (TPSA) is 119 Å². The first-order valence-corrected chi connectivity index (χ1v) is 6.14. The maximum atomic E-state index is 13.3. The second kappa shape index (κ2) is 4.62. The van der Waals surface area contributed by atoms with E-state index in [1.165, 1.54) is 17.8 Å². The third kappa shape index (κ3) is 1.99. The zero-order valence-corrected chi connectivity index (χ0v) is 10.6. The van der Waals surface area contributed by atoms with Crippen LogP contribution in [-0.2, 0) is 4.74 Å². The Labute approximate surface area is 113 Å². The number of fused-ring (bicyclic) bond motifs is 1. The van der Waals surface area contributed by atoms with E-state index in [0.29, 0.717) is 0 Å². The van der Waals surface area contributed by atoms with Gasteiger partial charge in [0.2, 0.25) is 0 Å². The first-order chi connectivity index (χ1) is 9.47. The lowest BCUT2D eigenvalue weighted by atomic mass is 10.1. The normalized spacial score (nSPS) is 28.1. The summed E-state index contributed by atoms with van der Waals surface area (Å²) in [6, 6.07) is 0. The Hall–Kier alpha value is -1.84. The maximum absolute atomic E-state index is 13.3. The van der Waals surface area contributed by atoms with E-state index < -0.39 is 30.6 Å². The van der Waals surface area contributed by atoms with Crippen LogP contribution in [0.15, 0.2) is 6.33 Å². The van der Waals surface area contributed by atoms with Crippen molar-refractivity contribution in [3.8, 4) is 0 Å². The molecule has 0 unspecified atom stereocenters. The van der Waals surface area contributed by atoms with Gasteiger partial charge in [0.25, 0.3) is 0 Å². The molecule has 1 saturated heterocycles. The molecular weight excluding hydrogens is 269 g/mol. The van der Waals surface area contributed by atoms with Crippen LogP contribution >= 0.6 is 0 Å². The van der Waals surface area contributed by atoms with Crippen LogP contribution < -0.4 is 5.73 Å². The largest absolute Gasteiger partial charge is 0.391 e. The average molecular weight is 283 g/mol. The molecule has 0 aromatic carbocycles. The van der Waals surface area contributed by atoms with Crippen LogP contribution in [0.3, 0.4) is 0 Å². The van der Waals surface area contributed by atoms with Crippen molar-refractivity contribution in [1.29, 1.82) is 0 Å². The molecular formula is C11H14FN5O3. The number of anilines is 1. The van der Waals surface area contributed by atoms with Crippen molar-refractivity contribution in [3.63, 3.8) is 0 Å². The highest BCUT2D eigenvalue weighted by atomic mass is 19.1. The lowest BCUT2D eigenvalue weighted by Crippen LogP contribution is -2.32. The molecule has 9 heteroatoms. The van der Waals surface area contributed by atoms with E-state index in [1.54, 1.807) is 0 Å². The van der Waals surface area contributed by atoms with Crippen molar-refractivity contribution in [2.24, 2.45) is 0 Å². The molecule has 8 nitrogen and oxygen atoms in total. The molecule has 2 aromatic rings. The quantitative estimate of drug-likeness (QED) is 0.640. The molecule has 0 radical (unpaired) electrons. The van der Waals surface area contributed by atoms with Crippen LogP contribution in [0.25, 0.3) is 11.2 Å². The van der Waals surface area contributed by atoms with Gasteiger partial charge in [-0.1, -0.05) is 0 Å². The second-order valence-corrected chi connectivity index (χ2v) is 4.80. The Bertz CT molecular complexity index is 646. The molecule has 3 heterocycles. The predicted octanol–water partition coefficient (Wildman–Crippen LogP) is -0.423. The zero-order chi connectivity index (χ0) is 14.4. The van der Waals surface area contributed by atoms with Crippen molar-refractivity contribution in [2.75, 3.05) is 5.73 Å². The van der Waals surface area contributed by atoms with E-state index >= 15 is 0 Å². The molecule has 0 saturated carbocycles. The highest BCUT2D eigenvalue weighted by Crippen LogP contribution is 2.32. The molecule has 0 bridgehead atoms. The first kappa shape index (κ1) is 13.2. The second-order valence-electron chi connectivity index (χ2n) is 4.80. The van der Waals surface area contributed by atoms with Crippen LogP contribution in [0.4, 0.5) is 10.2 Å². The van der Waals surface area contributed by atoms with E-state index in [0.717, 1.165) is 0 Å². The van der Waals surface area contributed by atoms with Gasteiger partial charge in [-0.05, 0) is 6.92 Å². The van der Waals surface area contributed by atoms with Gasteiger partial charge in [0.15, 0.2) is 17.0 Å². The van der Waals surface area contributed by atoms with Crippen molar-refractivity contribution < 1.29 is 19.3 Å². The highest BCUT2D eigenvalue weighted by molar-refractivity contribution is 5.81. The Morgan fingerprint density at radius 2 is 2.30 bits per heavy atom. The van der Waals surface area contributed by atoms with Crippen LogP contribution in [0.5, 0.6) is 0 Å². The maximum Gasteiger partial charge on any atom is 0.312 e. The molecule has 1 aliphatic rings. The van der Waals surface area contributed by atoms with Crippen molar-refractivity contribution in [1.82, 2.24) is 19.5 Å². The molecule has 4 atom stereocenters. The minimum Gasteiger partial charge on any atom is -0.391 e. The minimum atomic E-state index is -0.956. The summed E-state index contributed by atoms with van der Waals surface area (Å²) in [6.45, 7) is 1.53. The molecule has 3 rings (SSSR count). The summed E-state index contributed by atoms with van der Waals surface area (Å²) < 4.78 is 20.3. The monoisotopic (exact) mass is 283 g/mol. The minimum absolute atomic E-state index is 0.0585. The van der Waals surface area contributed by atoms with Gasteiger partial charge in [-0.25, -0.2) is 4.98 Å². The smallest absolute Gasteiger partial charge is 0.312 e. The third-order valence-electron chi connectivity index (χ3n) is 3.34. The Morgan fingerprint density at radius 3 is 2.95 bits per heavy atom. The van der Waals surface area contributed by atoms with Crippen LogP contribution in [0, 0.1) is 6.08 Å². The fourth-order valence-corrected chi connectivity index (χ4v) is 2.40. The average Bonchev–Trinajstić information content (AvgIpc) is 2.92. The number of hydrogen-bond acceptors (Lipinski definition) is 7. The fourth-order valence-electron chi connectivity index (χ4n) is 2.40. The van der Waals surface area contributed by atoms with Gasteiger partial charge in [-0.2, -0.15) is 14.4 Å². The summed E-state index contributed by atoms with van der Waals surface area (Å²) in [7, 11) is 0. The summed E-state index contributed by atoms with van der Waals surface area (Å²) in [5.41, 5.74) is 6.04. The van der Waals surface area contributed by atoms with Gasteiger partial charge in [0.05, 0.1) is 18.5 Å². The van der Waals surface area contributed by atoms with Gasteiger partial charge in [-0.3, -0.25) is 4.57 Å². The van der Waals surface area contributed by atoms with Gasteiger partial charge < -0.3 is 20.7 Å². The highest BCUT2D eigenvalue weighted by Gasteiger charge is 2.38. The molecule has 0 aliphatic carbocycles. The van der Waals surface area contributed by atoms with Gasteiger partial charge in [0.1, 0.15) is 12.3 Å². The zero-order valence-electron chi connectivity index (χ0n) is 10.6. The Balaban J connectivity index is 2.00. The Morgan fingerprint density at radius 1 is 1.55 bits per heavy atom. The van der Waals surface area contributed by atoms with Crippen LogP contribution in [0.2, 0.25) is 0 Å². The van der Waals surface area contributed by atoms with Gasteiger partial charge >= 0.3 is 6.08 Å². The molecule has 108 valence electrons. The summed E-state index contributed by atoms with van der Waals surface area (Å²) >= 11 is 0. The molecule has 20 heavy (non-hydrogen) atoms. The van der Waals surface area contributed by atoms with Gasteiger partial charge in [-0.15, -0.1) is 0 Å². The van der Waals surface area contributed by atoms with E-state index in [9.17, 15) is 14.6 Å². The predicted molar refractivity (Wildman–Crippen MR) is 65.9 cm³/mol. The van der Waals surface area contributed by atoms with E-state index in [1.807, 2.05) is 0 Å². The first-order valence-electron chi connectivity index (χ1n) is 6.14. The van der Waals surface area contributed by atoms with Gasteiger partial charge in [0, 0.05) is 6.42 Å². The number of imidazole rings is 1. The lowest BCUT2D eigenvalue weighted by Gasteiger charge is -2.17. The van der Waals surface area contributed by atoms with Crippen LogP contribution in [-0.4, -0.2) is 48.0 Å². The number of ether oxygens (including phenoxy) is 1. The molecule has 1 aliphatic heterocycles. The molecule has 0 spiro atoms. The number of hydrogen-bond donors (Lipinski definition) is 3. The number of nitrogens with two attached hydrogens (primary N) is 1. The summed E-state index contributed by atoms with van der Waals surface area (Å²) in [4.78, 5) is 11.1. The number of nitrogens with zero attached hydrogens (tertiary/aromatic N) is 4. The summed E-state index contributed by atoms with van der Waals surface area (Å²) in [5.74, 6) is -0.0585. The number of aliphatic hydroxyl groups excluding tert-OH is 2. The number of aliphatic hydroxyl groups is 2. The fraction of sp³-hybridized carbons (Fsp3) is 0.545. The van der Waals surface area contributed by atoms with E-state index in [4.69, 9.17) is 10.5 Å². The lowest BCUT2D eigenvalue weighted by molar-refractivity contribution is -0.0750. The molecule has 2 aromatic heterocycles. The van der Waals surface area contributed by atoms with Crippen molar-refractivity contribution >= 4 is 17.0 Å². The summed E-state index contributed by atoms with van der Waals surface area (Å²) in [5, 5.41) is 19.4. The van der Waals surface area contributed by atoms with Crippen molar-refractivity contribution in [3.05, 3.63) is 12.4 Å². The number of halogens is 1. The molecule has 4 N–H and O–H groups in total. The van der Waals surface area contributed by atoms with E-state index in [2.05, 4.69) is 15.0 Å². The standard InChI is InChI=1S/C11H14FN5O3/c1-4(18)8-5(19)2-6(20-8)17-3-14-7-9(13)15-11(12)16-10(7)17/h3-6,8,18-19H,2H2,1H3,(H2,13,15,16)/t4-,5-,6+,8+/m0/s1. The SMILES string of the molecule is C[C@H](O)[C@H]1O[C@@H](n2cnc3c(N)nc(F)nc32)C[C@@H]1O. The third-order valence-corrected chi connectivity index (χ3v) is 3.34. The van der Waals surface area contributed by atoms with E-state index in [-0.39, 0.29) is 23.4 Å². The molecule has 1 fully saturated rings. The molecule has 0 amide bonds.